The van der Waals surface area contributed by atoms with Crippen LogP contribution in [-0.2, 0) is 16.6 Å². The first-order valence-electron chi connectivity index (χ1n) is 11.1. The zero-order valence-corrected chi connectivity index (χ0v) is 18.4. The summed E-state index contributed by atoms with van der Waals surface area (Å²) in [7, 11) is 0. The van der Waals surface area contributed by atoms with Crippen LogP contribution in [0.25, 0.3) is 6.08 Å². The molecule has 2 aromatic carbocycles. The lowest BCUT2D eigenvalue weighted by Crippen LogP contribution is -2.41. The van der Waals surface area contributed by atoms with Crippen LogP contribution in [0.5, 0.6) is 0 Å². The van der Waals surface area contributed by atoms with E-state index in [0.29, 0.717) is 6.42 Å². The van der Waals surface area contributed by atoms with E-state index in [0.717, 1.165) is 38.0 Å². The van der Waals surface area contributed by atoms with E-state index in [9.17, 15) is 4.79 Å². The van der Waals surface area contributed by atoms with E-state index in [4.69, 9.17) is 0 Å². The standard InChI is InChI=1S/C26H30N2O.ClH/c29-25-12-11-22-8-2-4-10-24(22)28(25)18-6-5-17-27-19-15-26(16-20-27)14-13-21-7-1-3-9-23(21)26;/h1-4,7-10,13-14H,5-6,11-12,15-20H2;1H. The summed E-state index contributed by atoms with van der Waals surface area (Å²) in [4.78, 5) is 17.0. The van der Waals surface area contributed by atoms with Gasteiger partial charge < -0.3 is 9.80 Å². The summed E-state index contributed by atoms with van der Waals surface area (Å²) in [5.41, 5.74) is 5.67. The number of anilines is 1. The van der Waals surface area contributed by atoms with Crippen LogP contribution in [-0.4, -0.2) is 37.0 Å². The predicted octanol–water partition coefficient (Wildman–Crippen LogP) is 5.23. The molecular formula is C26H31ClN2O. The van der Waals surface area contributed by atoms with Gasteiger partial charge in [-0.25, -0.2) is 0 Å². The molecule has 3 nitrogen and oxygen atoms in total. The molecule has 0 aromatic heterocycles. The first-order valence-corrected chi connectivity index (χ1v) is 11.1. The number of carbonyl (C=O) groups excluding carboxylic acids is 1. The van der Waals surface area contributed by atoms with Gasteiger partial charge in [0.05, 0.1) is 0 Å². The number of allylic oxidation sites excluding steroid dienone is 1. The van der Waals surface area contributed by atoms with Crippen molar-refractivity contribution in [3.63, 3.8) is 0 Å². The Kier molecular flexibility index (Phi) is 6.31. The third kappa shape index (κ3) is 3.93. The highest BCUT2D eigenvalue weighted by Crippen LogP contribution is 2.43. The predicted molar refractivity (Wildman–Crippen MR) is 126 cm³/mol. The van der Waals surface area contributed by atoms with Gasteiger partial charge in [0.15, 0.2) is 0 Å². The van der Waals surface area contributed by atoms with Crippen molar-refractivity contribution in [1.82, 2.24) is 4.90 Å². The van der Waals surface area contributed by atoms with Gasteiger partial charge in [0.1, 0.15) is 0 Å². The van der Waals surface area contributed by atoms with E-state index in [1.54, 1.807) is 0 Å². The Balaban J connectivity index is 0.00000218. The maximum Gasteiger partial charge on any atom is 0.227 e. The Morgan fingerprint density at radius 1 is 0.867 bits per heavy atom. The third-order valence-electron chi connectivity index (χ3n) is 7.13. The van der Waals surface area contributed by atoms with Crippen molar-refractivity contribution in [3.8, 4) is 0 Å². The Bertz CT molecular complexity index is 930. The van der Waals surface area contributed by atoms with Gasteiger partial charge in [0, 0.05) is 24.1 Å². The zero-order chi connectivity index (χ0) is 19.7. The molecule has 1 fully saturated rings. The second kappa shape index (κ2) is 8.95. The molecule has 3 aliphatic rings. The average molecular weight is 423 g/mol. The van der Waals surface area contributed by atoms with E-state index >= 15 is 0 Å². The molecule has 1 spiro atoms. The number of piperidine rings is 1. The largest absolute Gasteiger partial charge is 0.312 e. The molecule has 1 aliphatic carbocycles. The highest BCUT2D eigenvalue weighted by Gasteiger charge is 2.37. The zero-order valence-electron chi connectivity index (χ0n) is 17.6. The fraction of sp³-hybridized carbons (Fsp3) is 0.423. The Morgan fingerprint density at radius 3 is 2.47 bits per heavy atom. The minimum Gasteiger partial charge on any atom is -0.312 e. The number of rotatable bonds is 5. The monoisotopic (exact) mass is 422 g/mol. The topological polar surface area (TPSA) is 23.6 Å². The van der Waals surface area contributed by atoms with E-state index in [1.807, 2.05) is 11.0 Å². The molecule has 2 aliphatic heterocycles. The number of fused-ring (bicyclic) bond motifs is 3. The smallest absolute Gasteiger partial charge is 0.227 e. The van der Waals surface area contributed by atoms with Crippen molar-refractivity contribution in [2.24, 2.45) is 0 Å². The molecule has 2 aromatic rings. The number of amides is 1. The molecule has 0 radical (unpaired) electrons. The molecule has 0 unspecified atom stereocenters. The summed E-state index contributed by atoms with van der Waals surface area (Å²) >= 11 is 0. The van der Waals surface area contributed by atoms with E-state index < -0.39 is 0 Å². The van der Waals surface area contributed by atoms with Gasteiger partial charge in [-0.05, 0) is 74.5 Å². The van der Waals surface area contributed by atoms with Gasteiger partial charge in [-0.15, -0.1) is 12.4 Å². The lowest BCUT2D eigenvalue weighted by molar-refractivity contribution is -0.118. The molecule has 30 heavy (non-hydrogen) atoms. The molecule has 0 bridgehead atoms. The fourth-order valence-corrected chi connectivity index (χ4v) is 5.39. The molecule has 0 saturated carbocycles. The number of carbonyl (C=O) groups is 1. The van der Waals surface area contributed by atoms with E-state index in [1.165, 1.54) is 42.6 Å². The number of hydrogen-bond acceptors (Lipinski definition) is 2. The Morgan fingerprint density at radius 2 is 1.60 bits per heavy atom. The normalized spacial score (nSPS) is 19.5. The second-order valence-electron chi connectivity index (χ2n) is 8.80. The highest BCUT2D eigenvalue weighted by molar-refractivity contribution is 5.96. The minimum atomic E-state index is 0. The number of unbranched alkanes of at least 4 members (excludes halogenated alkanes) is 1. The SMILES string of the molecule is Cl.O=C1CCc2ccccc2N1CCCCN1CCC2(C=Cc3ccccc32)CC1. The van der Waals surface area contributed by atoms with Crippen molar-refractivity contribution >= 4 is 30.1 Å². The van der Waals surface area contributed by atoms with Crippen molar-refractivity contribution in [2.75, 3.05) is 31.1 Å². The van der Waals surface area contributed by atoms with Gasteiger partial charge in [-0.2, -0.15) is 0 Å². The lowest BCUT2D eigenvalue weighted by Gasteiger charge is -2.39. The molecule has 1 saturated heterocycles. The van der Waals surface area contributed by atoms with Crippen LogP contribution in [0, 0.1) is 0 Å². The first kappa shape index (κ1) is 21.1. The van der Waals surface area contributed by atoms with Crippen LogP contribution in [0.1, 0.15) is 48.8 Å². The van der Waals surface area contributed by atoms with Crippen LogP contribution in [0.3, 0.4) is 0 Å². The summed E-state index contributed by atoms with van der Waals surface area (Å²) in [6.07, 6.45) is 11.0. The van der Waals surface area contributed by atoms with Crippen LogP contribution in [0.15, 0.2) is 54.6 Å². The van der Waals surface area contributed by atoms with Crippen LogP contribution in [0.4, 0.5) is 5.69 Å². The number of aryl methyl sites for hydroxylation is 1. The molecule has 0 N–H and O–H groups in total. The number of nitrogens with zero attached hydrogens (tertiary/aromatic N) is 2. The lowest BCUT2D eigenvalue weighted by atomic mass is 9.74. The van der Waals surface area contributed by atoms with Gasteiger partial charge in [-0.1, -0.05) is 54.6 Å². The van der Waals surface area contributed by atoms with Crippen LogP contribution < -0.4 is 4.90 Å². The molecular weight excluding hydrogens is 392 g/mol. The van der Waals surface area contributed by atoms with Crippen LogP contribution in [0.2, 0.25) is 0 Å². The fourth-order valence-electron chi connectivity index (χ4n) is 5.39. The number of likely N-dealkylation sites (tertiary alicyclic amines) is 1. The quantitative estimate of drug-likeness (QED) is 0.616. The molecule has 4 heteroatoms. The molecule has 2 heterocycles. The maximum absolute atomic E-state index is 12.4. The summed E-state index contributed by atoms with van der Waals surface area (Å²) in [5.74, 6) is 0.287. The Hall–Kier alpha value is -2.10. The number of halogens is 1. The summed E-state index contributed by atoms with van der Waals surface area (Å²) < 4.78 is 0. The number of para-hydroxylation sites is 1. The van der Waals surface area contributed by atoms with Gasteiger partial charge in [-0.3, -0.25) is 4.79 Å². The van der Waals surface area contributed by atoms with E-state index in [-0.39, 0.29) is 23.7 Å². The molecule has 1 amide bonds. The summed E-state index contributed by atoms with van der Waals surface area (Å²) in [6, 6.07) is 17.3. The average Bonchev–Trinajstić information content (AvgIpc) is 3.12. The van der Waals surface area contributed by atoms with E-state index in [2.05, 4.69) is 59.5 Å². The maximum atomic E-state index is 12.4. The second-order valence-corrected chi connectivity index (χ2v) is 8.80. The third-order valence-corrected chi connectivity index (χ3v) is 7.13. The highest BCUT2D eigenvalue weighted by atomic mass is 35.5. The molecule has 0 atom stereocenters. The van der Waals surface area contributed by atoms with Gasteiger partial charge in [0.2, 0.25) is 5.91 Å². The van der Waals surface area contributed by atoms with Crippen molar-refractivity contribution < 1.29 is 4.79 Å². The summed E-state index contributed by atoms with van der Waals surface area (Å²) in [6.45, 7) is 4.34. The molecule has 5 rings (SSSR count). The van der Waals surface area contributed by atoms with Crippen molar-refractivity contribution in [3.05, 3.63) is 71.3 Å². The van der Waals surface area contributed by atoms with Crippen molar-refractivity contribution in [2.45, 2.75) is 43.9 Å². The van der Waals surface area contributed by atoms with Gasteiger partial charge >= 0.3 is 0 Å². The van der Waals surface area contributed by atoms with Crippen LogP contribution >= 0.6 is 12.4 Å². The van der Waals surface area contributed by atoms with Crippen molar-refractivity contribution in [1.29, 1.82) is 0 Å². The number of hydrogen-bond donors (Lipinski definition) is 0. The Labute approximate surface area is 186 Å². The number of benzene rings is 2. The van der Waals surface area contributed by atoms with Gasteiger partial charge in [0.25, 0.3) is 0 Å². The summed E-state index contributed by atoms with van der Waals surface area (Å²) in [5, 5.41) is 0. The minimum absolute atomic E-state index is 0. The first-order chi connectivity index (χ1) is 14.3. The molecule has 158 valence electrons.